The molecule has 2 aromatic carbocycles. The van der Waals surface area contributed by atoms with Crippen molar-refractivity contribution in [3.05, 3.63) is 47.5 Å². The highest BCUT2D eigenvalue weighted by Crippen LogP contribution is 2.27. The smallest absolute Gasteiger partial charge is 0.243 e. The fraction of sp³-hybridized carbons (Fsp3) is 0.417. The zero-order valence-electron chi connectivity index (χ0n) is 20.5. The van der Waals surface area contributed by atoms with Gasteiger partial charge in [-0.25, -0.2) is 8.42 Å². The summed E-state index contributed by atoms with van der Waals surface area (Å²) in [5.41, 5.74) is 3.91. The van der Waals surface area contributed by atoms with Gasteiger partial charge >= 0.3 is 0 Å². The fourth-order valence-electron chi connectivity index (χ4n) is 3.39. The SMILES string of the molecule is CCNc1ccc(S(=O)(=O)N(CC)CC)cc1NCC(=O)NCC(=O)Nc1cccc(C)c1C. The lowest BCUT2D eigenvalue weighted by atomic mass is 10.1. The van der Waals surface area contributed by atoms with E-state index in [1.807, 2.05) is 39.0 Å². The van der Waals surface area contributed by atoms with Crippen molar-refractivity contribution in [3.63, 3.8) is 0 Å². The van der Waals surface area contributed by atoms with Crippen LogP contribution in [0.2, 0.25) is 0 Å². The van der Waals surface area contributed by atoms with Crippen molar-refractivity contribution in [2.24, 2.45) is 0 Å². The van der Waals surface area contributed by atoms with Crippen molar-refractivity contribution >= 4 is 38.9 Å². The standard InChI is InChI=1S/C24H35N5O4S/c1-6-25-21-13-12-19(34(32,33)29(7-2)8-3)14-22(21)26-15-23(30)27-16-24(31)28-20-11-9-10-17(4)18(20)5/h9-14,25-26H,6-8,15-16H2,1-5H3,(H,27,30)(H,28,31). The van der Waals surface area contributed by atoms with E-state index >= 15 is 0 Å². The lowest BCUT2D eigenvalue weighted by Crippen LogP contribution is -2.36. The van der Waals surface area contributed by atoms with E-state index in [2.05, 4.69) is 21.3 Å². The van der Waals surface area contributed by atoms with Crippen LogP contribution in [0, 0.1) is 13.8 Å². The normalized spacial score (nSPS) is 11.2. The minimum atomic E-state index is -3.64. The molecule has 2 rings (SSSR count). The summed E-state index contributed by atoms with van der Waals surface area (Å²) in [5.74, 6) is -0.724. The first kappa shape index (κ1) is 27.1. The lowest BCUT2D eigenvalue weighted by molar-refractivity contribution is -0.122. The van der Waals surface area contributed by atoms with Gasteiger partial charge in [0, 0.05) is 25.3 Å². The van der Waals surface area contributed by atoms with E-state index in [-0.39, 0.29) is 23.9 Å². The molecular formula is C24H35N5O4S. The van der Waals surface area contributed by atoms with Gasteiger partial charge in [0.2, 0.25) is 21.8 Å². The quantitative estimate of drug-likeness (QED) is 0.364. The van der Waals surface area contributed by atoms with Crippen molar-refractivity contribution < 1.29 is 18.0 Å². The number of anilines is 3. The maximum Gasteiger partial charge on any atom is 0.243 e. The van der Waals surface area contributed by atoms with Gasteiger partial charge in [-0.3, -0.25) is 9.59 Å². The third-order valence-electron chi connectivity index (χ3n) is 5.47. The lowest BCUT2D eigenvalue weighted by Gasteiger charge is -2.20. The van der Waals surface area contributed by atoms with Crippen LogP contribution in [0.3, 0.4) is 0 Å². The molecule has 0 saturated heterocycles. The minimum absolute atomic E-state index is 0.121. The van der Waals surface area contributed by atoms with E-state index in [0.717, 1.165) is 11.1 Å². The summed E-state index contributed by atoms with van der Waals surface area (Å²) in [6.45, 7) is 10.4. The Morgan fingerprint density at radius 3 is 2.21 bits per heavy atom. The number of nitrogens with one attached hydrogen (secondary N) is 4. The van der Waals surface area contributed by atoms with Gasteiger partial charge in [0.1, 0.15) is 0 Å². The van der Waals surface area contributed by atoms with E-state index in [1.165, 1.54) is 10.4 Å². The molecule has 0 fully saturated rings. The van der Waals surface area contributed by atoms with Gasteiger partial charge in [-0.1, -0.05) is 26.0 Å². The predicted molar refractivity (Wildman–Crippen MR) is 137 cm³/mol. The number of carbonyl (C=O) groups excluding carboxylic acids is 2. The van der Waals surface area contributed by atoms with Crippen LogP contribution >= 0.6 is 0 Å². The molecule has 10 heteroatoms. The Morgan fingerprint density at radius 2 is 1.56 bits per heavy atom. The van der Waals surface area contributed by atoms with Gasteiger partial charge < -0.3 is 21.3 Å². The van der Waals surface area contributed by atoms with Crippen LogP contribution in [0.15, 0.2) is 41.3 Å². The largest absolute Gasteiger partial charge is 0.384 e. The third-order valence-corrected chi connectivity index (χ3v) is 7.51. The Balaban J connectivity index is 2.03. The highest BCUT2D eigenvalue weighted by atomic mass is 32.2. The summed E-state index contributed by atoms with van der Waals surface area (Å²) in [6.07, 6.45) is 0. The Kier molecular flexibility index (Phi) is 9.88. The van der Waals surface area contributed by atoms with E-state index in [4.69, 9.17) is 0 Å². The van der Waals surface area contributed by atoms with Crippen LogP contribution in [-0.4, -0.2) is 57.3 Å². The third kappa shape index (κ3) is 6.94. The first-order chi connectivity index (χ1) is 16.1. The molecule has 34 heavy (non-hydrogen) atoms. The number of hydrogen-bond acceptors (Lipinski definition) is 6. The molecule has 0 saturated carbocycles. The molecule has 0 aliphatic heterocycles. The zero-order chi connectivity index (χ0) is 25.3. The zero-order valence-corrected chi connectivity index (χ0v) is 21.3. The predicted octanol–water partition coefficient (Wildman–Crippen LogP) is 2.93. The summed E-state index contributed by atoms with van der Waals surface area (Å²) in [4.78, 5) is 24.7. The molecule has 2 aromatic rings. The molecule has 0 aliphatic rings. The molecule has 0 aromatic heterocycles. The molecule has 0 spiro atoms. The monoisotopic (exact) mass is 489 g/mol. The van der Waals surface area contributed by atoms with E-state index in [1.54, 1.807) is 26.0 Å². The van der Waals surface area contributed by atoms with Crippen molar-refractivity contribution in [1.82, 2.24) is 9.62 Å². The second-order valence-corrected chi connectivity index (χ2v) is 9.69. The topological polar surface area (TPSA) is 120 Å². The molecule has 0 heterocycles. The summed E-state index contributed by atoms with van der Waals surface area (Å²) < 4.78 is 27.1. The Morgan fingerprint density at radius 1 is 0.853 bits per heavy atom. The number of rotatable bonds is 12. The van der Waals surface area contributed by atoms with Crippen LogP contribution in [0.1, 0.15) is 31.9 Å². The highest BCUT2D eigenvalue weighted by molar-refractivity contribution is 7.89. The minimum Gasteiger partial charge on any atom is -0.384 e. The molecule has 9 nitrogen and oxygen atoms in total. The number of aryl methyl sites for hydroxylation is 1. The first-order valence-corrected chi connectivity index (χ1v) is 12.8. The second-order valence-electron chi connectivity index (χ2n) is 7.75. The Hall–Kier alpha value is -3.11. The average molecular weight is 490 g/mol. The molecule has 2 amide bonds. The van der Waals surface area contributed by atoms with Crippen molar-refractivity contribution in [2.75, 3.05) is 48.7 Å². The van der Waals surface area contributed by atoms with Gasteiger partial charge in [0.25, 0.3) is 0 Å². The number of carbonyl (C=O) groups is 2. The highest BCUT2D eigenvalue weighted by Gasteiger charge is 2.22. The van der Waals surface area contributed by atoms with E-state index in [9.17, 15) is 18.0 Å². The first-order valence-electron chi connectivity index (χ1n) is 11.4. The number of benzene rings is 2. The van der Waals surface area contributed by atoms with Gasteiger partial charge in [-0.05, 0) is 56.2 Å². The van der Waals surface area contributed by atoms with Gasteiger partial charge in [-0.15, -0.1) is 0 Å². The molecule has 186 valence electrons. The van der Waals surface area contributed by atoms with E-state index < -0.39 is 15.9 Å². The van der Waals surface area contributed by atoms with Crippen molar-refractivity contribution in [2.45, 2.75) is 39.5 Å². The van der Waals surface area contributed by atoms with Crippen molar-refractivity contribution in [3.8, 4) is 0 Å². The summed E-state index contributed by atoms with van der Waals surface area (Å²) in [5, 5.41) is 11.5. The van der Waals surface area contributed by atoms with Crippen molar-refractivity contribution in [1.29, 1.82) is 0 Å². The van der Waals surface area contributed by atoms with Crippen LogP contribution < -0.4 is 21.3 Å². The summed E-state index contributed by atoms with van der Waals surface area (Å²) >= 11 is 0. The maximum atomic E-state index is 12.9. The molecule has 0 unspecified atom stereocenters. The average Bonchev–Trinajstić information content (AvgIpc) is 2.80. The number of sulfonamides is 1. The van der Waals surface area contributed by atoms with Crippen LogP contribution in [0.25, 0.3) is 0 Å². The molecular weight excluding hydrogens is 454 g/mol. The Labute approximate surface area is 202 Å². The van der Waals surface area contributed by atoms with Gasteiger partial charge in [0.05, 0.1) is 29.4 Å². The van der Waals surface area contributed by atoms with Gasteiger partial charge in [-0.2, -0.15) is 4.31 Å². The van der Waals surface area contributed by atoms with Gasteiger partial charge in [0.15, 0.2) is 0 Å². The van der Waals surface area contributed by atoms with E-state index in [0.29, 0.717) is 36.7 Å². The molecule has 0 atom stereocenters. The summed E-state index contributed by atoms with van der Waals surface area (Å²) in [7, 11) is -3.64. The molecule has 0 bridgehead atoms. The van der Waals surface area contributed by atoms with Crippen LogP contribution in [0.4, 0.5) is 17.1 Å². The molecule has 0 radical (unpaired) electrons. The molecule has 4 N–H and O–H groups in total. The molecule has 0 aliphatic carbocycles. The number of hydrogen-bond donors (Lipinski definition) is 4. The second kappa shape index (κ2) is 12.4. The Bertz CT molecular complexity index is 1110. The van der Waals surface area contributed by atoms with Crippen LogP contribution in [-0.2, 0) is 19.6 Å². The van der Waals surface area contributed by atoms with Crippen LogP contribution in [0.5, 0.6) is 0 Å². The maximum absolute atomic E-state index is 12.9. The fourth-order valence-corrected chi connectivity index (χ4v) is 4.87. The number of amides is 2. The number of nitrogens with zero attached hydrogens (tertiary/aromatic N) is 1. The summed E-state index contributed by atoms with van der Waals surface area (Å²) in [6, 6.07) is 10.4.